The largest absolute Gasteiger partial charge is 0.328 e. The highest BCUT2D eigenvalue weighted by Crippen LogP contribution is 2.04. The summed E-state index contributed by atoms with van der Waals surface area (Å²) in [7, 11) is 0. The maximum atomic E-state index is 12.0. The maximum absolute atomic E-state index is 12.0. The van der Waals surface area contributed by atoms with Gasteiger partial charge in [-0.25, -0.2) is 4.79 Å². The molecule has 1 aromatic heterocycles. The molecular weight excluding hydrogens is 226 g/mol. The van der Waals surface area contributed by atoms with Crippen LogP contribution in [0.4, 0.5) is 0 Å². The van der Waals surface area contributed by atoms with Crippen LogP contribution >= 0.6 is 0 Å². The predicted molar refractivity (Wildman–Crippen MR) is 69.2 cm³/mol. The van der Waals surface area contributed by atoms with Crippen molar-refractivity contribution in [2.24, 2.45) is 0 Å². The monoisotopic (exact) mass is 241 g/mol. The molecule has 2 aromatic rings. The number of aromatic nitrogens is 2. The van der Waals surface area contributed by atoms with E-state index < -0.39 is 0 Å². The summed E-state index contributed by atoms with van der Waals surface area (Å²) in [5.41, 5.74) is 1.67. The molecule has 0 bridgehead atoms. The zero-order chi connectivity index (χ0) is 13.0. The second-order valence-electron chi connectivity index (χ2n) is 4.21. The number of hydrogen-bond donors (Lipinski definition) is 0. The molecule has 18 heavy (non-hydrogen) atoms. The first-order valence-electron chi connectivity index (χ1n) is 5.99. The third-order valence-electron chi connectivity index (χ3n) is 2.82. The molecule has 0 amide bonds. The number of aryl methyl sites for hydroxylation is 1. The van der Waals surface area contributed by atoms with Crippen LogP contribution in [0.15, 0.2) is 41.5 Å². The Kier molecular flexibility index (Phi) is 3.63. The summed E-state index contributed by atoms with van der Waals surface area (Å²) in [6.45, 7) is 3.34. The average Bonchev–Trinajstić information content (AvgIpc) is 2.73. The Labute approximate surface area is 106 Å². The van der Waals surface area contributed by atoms with E-state index in [9.17, 15) is 4.79 Å². The molecule has 0 spiro atoms. The van der Waals surface area contributed by atoms with Crippen molar-refractivity contribution in [1.82, 2.24) is 9.13 Å². The minimum Gasteiger partial charge on any atom is -0.299 e. The number of imidazole rings is 1. The van der Waals surface area contributed by atoms with Crippen LogP contribution in [0, 0.1) is 11.3 Å². The number of nitrogens with zero attached hydrogens (tertiary/aromatic N) is 3. The lowest BCUT2D eigenvalue weighted by Gasteiger charge is -2.02. The normalized spacial score (nSPS) is 10.2. The van der Waals surface area contributed by atoms with Gasteiger partial charge in [-0.3, -0.25) is 9.13 Å². The number of benzene rings is 1. The van der Waals surface area contributed by atoms with Gasteiger partial charge in [-0.1, -0.05) is 19.1 Å². The molecule has 0 atom stereocenters. The summed E-state index contributed by atoms with van der Waals surface area (Å²) in [4.78, 5) is 12.0. The summed E-state index contributed by atoms with van der Waals surface area (Å²) < 4.78 is 3.39. The van der Waals surface area contributed by atoms with Crippen LogP contribution in [0.3, 0.4) is 0 Å². The van der Waals surface area contributed by atoms with Gasteiger partial charge in [0.25, 0.3) is 0 Å². The number of rotatable bonds is 4. The van der Waals surface area contributed by atoms with Gasteiger partial charge in [0, 0.05) is 18.9 Å². The SMILES string of the molecule is CCCn1ccn(Cc2ccc(C#N)cc2)c1=O. The van der Waals surface area contributed by atoms with Crippen LogP contribution in [-0.4, -0.2) is 9.13 Å². The van der Waals surface area contributed by atoms with Crippen molar-refractivity contribution >= 4 is 0 Å². The van der Waals surface area contributed by atoms with Gasteiger partial charge in [0.05, 0.1) is 18.2 Å². The van der Waals surface area contributed by atoms with Crippen LogP contribution in [0.25, 0.3) is 0 Å². The molecule has 4 heteroatoms. The quantitative estimate of drug-likeness (QED) is 0.821. The fraction of sp³-hybridized carbons (Fsp3) is 0.286. The molecule has 1 heterocycles. The predicted octanol–water partition coefficient (Wildman–Crippen LogP) is 1.98. The molecule has 0 aliphatic rings. The van der Waals surface area contributed by atoms with Gasteiger partial charge in [0.15, 0.2) is 0 Å². The Hall–Kier alpha value is -2.28. The molecular formula is C14H15N3O. The molecule has 0 saturated heterocycles. The molecule has 0 N–H and O–H groups in total. The summed E-state index contributed by atoms with van der Waals surface area (Å²) in [5, 5.41) is 8.72. The highest BCUT2D eigenvalue weighted by Gasteiger charge is 2.03. The fourth-order valence-electron chi connectivity index (χ4n) is 1.87. The van der Waals surface area contributed by atoms with E-state index in [2.05, 4.69) is 6.07 Å². The maximum Gasteiger partial charge on any atom is 0.328 e. The fourth-order valence-corrected chi connectivity index (χ4v) is 1.87. The zero-order valence-corrected chi connectivity index (χ0v) is 10.3. The van der Waals surface area contributed by atoms with Gasteiger partial charge in [0.2, 0.25) is 0 Å². The topological polar surface area (TPSA) is 50.7 Å². The molecule has 0 unspecified atom stereocenters. The minimum atomic E-state index is 0.0150. The van der Waals surface area contributed by atoms with Gasteiger partial charge in [-0.05, 0) is 24.1 Å². The van der Waals surface area contributed by atoms with Gasteiger partial charge in [-0.15, -0.1) is 0 Å². The Morgan fingerprint density at radius 1 is 1.17 bits per heavy atom. The smallest absolute Gasteiger partial charge is 0.299 e. The second-order valence-corrected chi connectivity index (χ2v) is 4.21. The van der Waals surface area contributed by atoms with Gasteiger partial charge in [-0.2, -0.15) is 5.26 Å². The van der Waals surface area contributed by atoms with Gasteiger partial charge < -0.3 is 0 Å². The van der Waals surface area contributed by atoms with Crippen LogP contribution in [0.1, 0.15) is 24.5 Å². The molecule has 0 fully saturated rings. The number of nitriles is 1. The molecule has 4 nitrogen and oxygen atoms in total. The van der Waals surface area contributed by atoms with Gasteiger partial charge >= 0.3 is 5.69 Å². The van der Waals surface area contributed by atoms with Crippen LogP contribution in [-0.2, 0) is 13.1 Å². The molecule has 0 aliphatic heterocycles. The van der Waals surface area contributed by atoms with Gasteiger partial charge in [0.1, 0.15) is 0 Å². The first-order valence-corrected chi connectivity index (χ1v) is 5.99. The van der Waals surface area contributed by atoms with Crippen molar-refractivity contribution in [1.29, 1.82) is 5.26 Å². The summed E-state index contributed by atoms with van der Waals surface area (Å²) in [6, 6.07) is 9.37. The van der Waals surface area contributed by atoms with Crippen molar-refractivity contribution in [3.05, 3.63) is 58.3 Å². The van der Waals surface area contributed by atoms with E-state index in [0.29, 0.717) is 12.1 Å². The lowest BCUT2D eigenvalue weighted by atomic mass is 10.1. The summed E-state index contributed by atoms with van der Waals surface area (Å²) >= 11 is 0. The van der Waals surface area contributed by atoms with E-state index in [1.165, 1.54) is 0 Å². The van der Waals surface area contributed by atoms with Crippen molar-refractivity contribution in [2.75, 3.05) is 0 Å². The minimum absolute atomic E-state index is 0.0150. The lowest BCUT2D eigenvalue weighted by molar-refractivity contribution is 0.624. The van der Waals surface area contributed by atoms with Crippen molar-refractivity contribution in [3.63, 3.8) is 0 Å². The van der Waals surface area contributed by atoms with Crippen molar-refractivity contribution < 1.29 is 0 Å². The Morgan fingerprint density at radius 2 is 1.83 bits per heavy atom. The average molecular weight is 241 g/mol. The third-order valence-corrected chi connectivity index (χ3v) is 2.82. The van der Waals surface area contributed by atoms with E-state index in [0.717, 1.165) is 18.5 Å². The summed E-state index contributed by atoms with van der Waals surface area (Å²) in [6.07, 6.45) is 4.56. The van der Waals surface area contributed by atoms with Crippen LogP contribution in [0.5, 0.6) is 0 Å². The van der Waals surface area contributed by atoms with E-state index in [1.807, 2.05) is 25.3 Å². The molecule has 0 aliphatic carbocycles. The second kappa shape index (κ2) is 5.37. The van der Waals surface area contributed by atoms with Crippen LogP contribution in [0.2, 0.25) is 0 Å². The molecule has 1 aromatic carbocycles. The van der Waals surface area contributed by atoms with E-state index >= 15 is 0 Å². The van der Waals surface area contributed by atoms with E-state index in [1.54, 1.807) is 27.5 Å². The Morgan fingerprint density at radius 3 is 2.44 bits per heavy atom. The molecule has 0 radical (unpaired) electrons. The lowest BCUT2D eigenvalue weighted by Crippen LogP contribution is -2.24. The Bertz CT molecular complexity index is 614. The molecule has 92 valence electrons. The first kappa shape index (κ1) is 12.2. The zero-order valence-electron chi connectivity index (χ0n) is 10.3. The summed E-state index contributed by atoms with van der Waals surface area (Å²) in [5.74, 6) is 0. The van der Waals surface area contributed by atoms with E-state index in [-0.39, 0.29) is 5.69 Å². The standard InChI is InChI=1S/C14H15N3O/c1-2-7-16-8-9-17(14(16)18)11-13-5-3-12(10-15)4-6-13/h3-6,8-9H,2,7,11H2,1H3. The molecule has 0 saturated carbocycles. The number of hydrogen-bond acceptors (Lipinski definition) is 2. The third kappa shape index (κ3) is 2.51. The Balaban J connectivity index is 2.18. The highest BCUT2D eigenvalue weighted by molar-refractivity contribution is 5.31. The first-order chi connectivity index (χ1) is 8.74. The van der Waals surface area contributed by atoms with Crippen molar-refractivity contribution in [3.8, 4) is 6.07 Å². The molecule has 2 rings (SSSR count). The van der Waals surface area contributed by atoms with E-state index in [4.69, 9.17) is 5.26 Å². The van der Waals surface area contributed by atoms with Crippen LogP contribution < -0.4 is 5.69 Å². The highest BCUT2D eigenvalue weighted by atomic mass is 16.1. The van der Waals surface area contributed by atoms with Crippen molar-refractivity contribution in [2.45, 2.75) is 26.4 Å².